The van der Waals surface area contributed by atoms with Gasteiger partial charge in [0.05, 0.1) is 0 Å². The quantitative estimate of drug-likeness (QED) is 0.813. The van der Waals surface area contributed by atoms with E-state index in [0.717, 1.165) is 5.82 Å². The van der Waals surface area contributed by atoms with Gasteiger partial charge in [-0.05, 0) is 18.6 Å². The highest BCUT2D eigenvalue weighted by Crippen LogP contribution is 2.10. The summed E-state index contributed by atoms with van der Waals surface area (Å²) in [6.07, 6.45) is 2.76. The number of carbonyl (C=O) groups is 2. The molecular formula is C13H18N4O2. The van der Waals surface area contributed by atoms with Crippen LogP contribution < -0.4 is 15.5 Å². The first-order chi connectivity index (χ1) is 9.06. The molecule has 2 rings (SSSR count). The van der Waals surface area contributed by atoms with Crippen LogP contribution in [0, 0.1) is 0 Å². The van der Waals surface area contributed by atoms with E-state index in [2.05, 4.69) is 15.6 Å². The molecule has 1 aliphatic rings. The summed E-state index contributed by atoms with van der Waals surface area (Å²) in [6.45, 7) is 0.496. The van der Waals surface area contributed by atoms with E-state index in [4.69, 9.17) is 0 Å². The fourth-order valence-corrected chi connectivity index (χ4v) is 1.93. The number of anilines is 1. The molecule has 2 N–H and O–H groups in total. The monoisotopic (exact) mass is 262 g/mol. The van der Waals surface area contributed by atoms with Crippen molar-refractivity contribution in [3.8, 4) is 0 Å². The number of piperidine rings is 1. The van der Waals surface area contributed by atoms with Crippen molar-refractivity contribution in [1.29, 1.82) is 0 Å². The molecule has 1 atom stereocenters. The molecule has 1 saturated heterocycles. The van der Waals surface area contributed by atoms with Gasteiger partial charge in [0.15, 0.2) is 0 Å². The minimum absolute atomic E-state index is 0.00108. The largest absolute Gasteiger partial charge is 0.363 e. The Kier molecular flexibility index (Phi) is 3.99. The molecule has 6 nitrogen and oxygen atoms in total. The summed E-state index contributed by atoms with van der Waals surface area (Å²) >= 11 is 0. The Morgan fingerprint density at radius 3 is 2.95 bits per heavy atom. The second-order valence-corrected chi connectivity index (χ2v) is 4.81. The lowest BCUT2D eigenvalue weighted by molar-refractivity contribution is -0.122. The minimum Gasteiger partial charge on any atom is -0.363 e. The Bertz CT molecular complexity index is 477. The number of aromatic nitrogens is 1. The van der Waals surface area contributed by atoms with Crippen LogP contribution in [0.1, 0.15) is 23.2 Å². The van der Waals surface area contributed by atoms with Gasteiger partial charge < -0.3 is 15.5 Å². The van der Waals surface area contributed by atoms with Gasteiger partial charge in [0.25, 0.3) is 5.91 Å². The Labute approximate surface area is 112 Å². The predicted octanol–water partition coefficient (Wildman–Crippen LogP) is 0.156. The molecule has 0 aromatic carbocycles. The number of pyridine rings is 1. The third-order valence-corrected chi connectivity index (χ3v) is 3.07. The van der Waals surface area contributed by atoms with E-state index in [1.165, 1.54) is 0 Å². The van der Waals surface area contributed by atoms with E-state index in [1.54, 1.807) is 18.3 Å². The second kappa shape index (κ2) is 5.69. The number of nitrogens with zero attached hydrogens (tertiary/aromatic N) is 2. The molecule has 102 valence electrons. The second-order valence-electron chi connectivity index (χ2n) is 4.81. The molecule has 6 heteroatoms. The first-order valence-electron chi connectivity index (χ1n) is 6.27. The van der Waals surface area contributed by atoms with Gasteiger partial charge in [-0.15, -0.1) is 0 Å². The van der Waals surface area contributed by atoms with E-state index in [9.17, 15) is 9.59 Å². The van der Waals surface area contributed by atoms with Gasteiger partial charge in [0.1, 0.15) is 5.82 Å². The van der Waals surface area contributed by atoms with E-state index in [-0.39, 0.29) is 17.9 Å². The Morgan fingerprint density at radius 1 is 1.53 bits per heavy atom. The van der Waals surface area contributed by atoms with Crippen LogP contribution in [0.15, 0.2) is 18.3 Å². The molecular weight excluding hydrogens is 244 g/mol. The molecule has 2 heterocycles. The number of hydrogen-bond donors (Lipinski definition) is 2. The standard InChI is InChI=1S/C13H18N4O2/c1-17(2)11-7-9(5-6-14-11)13(19)16-10-3-4-12(18)15-8-10/h5-7,10H,3-4,8H2,1-2H3,(H,15,18)(H,16,19). The van der Waals surface area contributed by atoms with E-state index >= 15 is 0 Å². The molecule has 1 aliphatic heterocycles. The van der Waals surface area contributed by atoms with Crippen LogP contribution in [-0.2, 0) is 4.79 Å². The maximum atomic E-state index is 12.1. The topological polar surface area (TPSA) is 74.3 Å². The first kappa shape index (κ1) is 13.3. The van der Waals surface area contributed by atoms with Crippen LogP contribution in [0.4, 0.5) is 5.82 Å². The number of rotatable bonds is 3. The highest BCUT2D eigenvalue weighted by Gasteiger charge is 2.20. The summed E-state index contributed by atoms with van der Waals surface area (Å²) in [4.78, 5) is 29.2. The van der Waals surface area contributed by atoms with Crippen molar-refractivity contribution in [2.75, 3.05) is 25.5 Å². The Morgan fingerprint density at radius 2 is 2.32 bits per heavy atom. The molecule has 1 unspecified atom stereocenters. The first-order valence-corrected chi connectivity index (χ1v) is 6.27. The van der Waals surface area contributed by atoms with Gasteiger partial charge in [-0.2, -0.15) is 0 Å². The lowest BCUT2D eigenvalue weighted by Gasteiger charge is -2.23. The summed E-state index contributed by atoms with van der Waals surface area (Å²) < 4.78 is 0. The van der Waals surface area contributed by atoms with Crippen LogP contribution in [0.25, 0.3) is 0 Å². The maximum absolute atomic E-state index is 12.1. The molecule has 1 aromatic heterocycles. The molecule has 1 fully saturated rings. The number of nitrogens with one attached hydrogen (secondary N) is 2. The molecule has 2 amide bonds. The lowest BCUT2D eigenvalue weighted by Crippen LogP contribution is -2.47. The summed E-state index contributed by atoms with van der Waals surface area (Å²) in [7, 11) is 3.75. The molecule has 19 heavy (non-hydrogen) atoms. The van der Waals surface area contributed by atoms with Crippen LogP contribution in [0.3, 0.4) is 0 Å². The van der Waals surface area contributed by atoms with Crippen molar-refractivity contribution in [1.82, 2.24) is 15.6 Å². The summed E-state index contributed by atoms with van der Waals surface area (Å²) in [5.74, 6) is 0.653. The Balaban J connectivity index is 1.99. The van der Waals surface area contributed by atoms with Crippen molar-refractivity contribution in [2.24, 2.45) is 0 Å². The van der Waals surface area contributed by atoms with Gasteiger partial charge in [-0.1, -0.05) is 0 Å². The van der Waals surface area contributed by atoms with Gasteiger partial charge in [0.2, 0.25) is 5.91 Å². The van der Waals surface area contributed by atoms with E-state index < -0.39 is 0 Å². The summed E-state index contributed by atoms with van der Waals surface area (Å²) in [5, 5.41) is 5.67. The van der Waals surface area contributed by atoms with Crippen LogP contribution >= 0.6 is 0 Å². The zero-order valence-corrected chi connectivity index (χ0v) is 11.1. The normalized spacial score (nSPS) is 18.6. The maximum Gasteiger partial charge on any atom is 0.251 e. The summed E-state index contributed by atoms with van der Waals surface area (Å²) in [6, 6.07) is 3.43. The predicted molar refractivity (Wildman–Crippen MR) is 72.1 cm³/mol. The molecule has 1 aromatic rings. The zero-order chi connectivity index (χ0) is 13.8. The Hall–Kier alpha value is -2.11. The minimum atomic E-state index is -0.133. The van der Waals surface area contributed by atoms with Crippen LogP contribution in [0.5, 0.6) is 0 Å². The molecule has 0 spiro atoms. The van der Waals surface area contributed by atoms with Gasteiger partial charge in [0, 0.05) is 44.9 Å². The highest BCUT2D eigenvalue weighted by molar-refractivity contribution is 5.95. The average Bonchev–Trinajstić information content (AvgIpc) is 2.41. The van der Waals surface area contributed by atoms with E-state index in [0.29, 0.717) is 24.9 Å². The third kappa shape index (κ3) is 3.43. The smallest absolute Gasteiger partial charge is 0.251 e. The average molecular weight is 262 g/mol. The molecule has 0 saturated carbocycles. The number of carbonyl (C=O) groups excluding carboxylic acids is 2. The zero-order valence-electron chi connectivity index (χ0n) is 11.1. The summed E-state index contributed by atoms with van der Waals surface area (Å²) in [5.41, 5.74) is 0.579. The van der Waals surface area contributed by atoms with Gasteiger partial charge in [-0.3, -0.25) is 9.59 Å². The third-order valence-electron chi connectivity index (χ3n) is 3.07. The van der Waals surface area contributed by atoms with Crippen molar-refractivity contribution < 1.29 is 9.59 Å². The fraction of sp³-hybridized carbons (Fsp3) is 0.462. The number of amides is 2. The molecule has 0 aliphatic carbocycles. The number of hydrogen-bond acceptors (Lipinski definition) is 4. The van der Waals surface area contributed by atoms with Gasteiger partial charge in [-0.25, -0.2) is 4.98 Å². The lowest BCUT2D eigenvalue weighted by atomic mass is 10.1. The highest BCUT2D eigenvalue weighted by atomic mass is 16.2. The van der Waals surface area contributed by atoms with Crippen molar-refractivity contribution in [3.63, 3.8) is 0 Å². The fourth-order valence-electron chi connectivity index (χ4n) is 1.93. The SMILES string of the molecule is CN(C)c1cc(C(=O)NC2CCC(=O)NC2)ccn1. The van der Waals surface area contributed by atoms with Crippen molar-refractivity contribution in [2.45, 2.75) is 18.9 Å². The molecule has 0 radical (unpaired) electrons. The van der Waals surface area contributed by atoms with Gasteiger partial charge >= 0.3 is 0 Å². The van der Waals surface area contributed by atoms with Crippen molar-refractivity contribution in [3.05, 3.63) is 23.9 Å². The van der Waals surface area contributed by atoms with E-state index in [1.807, 2.05) is 19.0 Å². The van der Waals surface area contributed by atoms with Crippen LogP contribution in [-0.4, -0.2) is 43.5 Å². The van der Waals surface area contributed by atoms with Crippen molar-refractivity contribution >= 4 is 17.6 Å². The van der Waals surface area contributed by atoms with Crippen LogP contribution in [0.2, 0.25) is 0 Å². The molecule has 0 bridgehead atoms.